The number of aryl methyl sites for hydroxylation is 1. The van der Waals surface area contributed by atoms with Gasteiger partial charge in [-0.2, -0.15) is 22.0 Å². The number of alkyl halides is 5. The standard InChI is InChI=1S/C34H44F5NO5S/c1-20-15-26-22(17-28(20)45-31(42)40-23-6-7-24(40)19-44-18-23)16-21(30-25(26)10-12-32(2)27(30)8-9-29(32)41)5-3-13-46(43)14-4-11-33(35,36)34(37,38)39/h15,17,21,23-25,27,30H,3-14,16,18-19H2,1-2H3/t21-,23?,24?,25-,27+,30-,32+,46?/m1/s1. The molecule has 2 aliphatic heterocycles. The first-order valence-corrected chi connectivity index (χ1v) is 18.2. The van der Waals surface area contributed by atoms with E-state index in [-0.39, 0.29) is 58.8 Å². The number of Topliss-reactive ketones (excluding diaryl/α,β-unsaturated/α-hetero) is 1. The molecule has 6 nitrogen and oxygen atoms in total. The molecule has 4 fully saturated rings. The molecule has 0 spiro atoms. The van der Waals surface area contributed by atoms with Crippen LogP contribution in [0.3, 0.4) is 0 Å². The van der Waals surface area contributed by atoms with Gasteiger partial charge in [-0.15, -0.1) is 0 Å². The van der Waals surface area contributed by atoms with Gasteiger partial charge < -0.3 is 9.47 Å². The van der Waals surface area contributed by atoms with Crippen LogP contribution in [0.15, 0.2) is 12.1 Å². The van der Waals surface area contributed by atoms with Gasteiger partial charge >= 0.3 is 18.2 Å². The van der Waals surface area contributed by atoms with Gasteiger partial charge in [0.2, 0.25) is 0 Å². The van der Waals surface area contributed by atoms with E-state index in [2.05, 4.69) is 13.0 Å². The Morgan fingerprint density at radius 1 is 1.07 bits per heavy atom. The fraction of sp³-hybridized carbons (Fsp3) is 0.765. The highest BCUT2D eigenvalue weighted by molar-refractivity contribution is 7.84. The van der Waals surface area contributed by atoms with E-state index >= 15 is 0 Å². The second-order valence-electron chi connectivity index (χ2n) is 14.5. The van der Waals surface area contributed by atoms with Crippen LogP contribution in [0.4, 0.5) is 26.7 Å². The first-order valence-electron chi connectivity index (χ1n) is 16.7. The van der Waals surface area contributed by atoms with Crippen LogP contribution in [0.25, 0.3) is 0 Å². The van der Waals surface area contributed by atoms with Gasteiger partial charge in [-0.25, -0.2) is 4.79 Å². The second kappa shape index (κ2) is 12.7. The number of carbonyl (C=O) groups excluding carboxylic acids is 2. The third-order valence-electron chi connectivity index (χ3n) is 11.8. The molecule has 2 bridgehead atoms. The van der Waals surface area contributed by atoms with Crippen molar-refractivity contribution in [3.63, 3.8) is 0 Å². The number of carbonyl (C=O) groups is 2. The van der Waals surface area contributed by atoms with Crippen molar-refractivity contribution in [1.82, 2.24) is 4.90 Å². The molecule has 0 N–H and O–H groups in total. The Morgan fingerprint density at radius 2 is 1.76 bits per heavy atom. The van der Waals surface area contributed by atoms with Crippen LogP contribution < -0.4 is 4.74 Å². The summed E-state index contributed by atoms with van der Waals surface area (Å²) in [5.74, 6) is -2.95. The lowest BCUT2D eigenvalue weighted by Crippen LogP contribution is -2.50. The Labute approximate surface area is 269 Å². The maximum absolute atomic E-state index is 13.3. The molecule has 6 rings (SSSR count). The van der Waals surface area contributed by atoms with Gasteiger partial charge in [-0.05, 0) is 111 Å². The summed E-state index contributed by atoms with van der Waals surface area (Å²) in [4.78, 5) is 28.2. The molecule has 1 aromatic rings. The minimum Gasteiger partial charge on any atom is -0.410 e. The van der Waals surface area contributed by atoms with Crippen molar-refractivity contribution in [3.8, 4) is 5.75 Å². The minimum absolute atomic E-state index is 0.0340. The molecule has 5 aliphatic rings. The van der Waals surface area contributed by atoms with Crippen LogP contribution in [0.1, 0.15) is 93.7 Å². The monoisotopic (exact) mass is 673 g/mol. The average molecular weight is 674 g/mol. The Balaban J connectivity index is 1.16. The molecule has 8 atom stereocenters. The van der Waals surface area contributed by atoms with Crippen molar-refractivity contribution in [2.75, 3.05) is 24.7 Å². The molecule has 3 aliphatic carbocycles. The lowest BCUT2D eigenvalue weighted by atomic mass is 9.52. The molecule has 1 aromatic carbocycles. The molecule has 0 radical (unpaired) electrons. The molecular formula is C34H44F5NO5S. The number of morpholine rings is 1. The second-order valence-corrected chi connectivity index (χ2v) is 16.2. The number of fused-ring (bicyclic) bond motifs is 7. The van der Waals surface area contributed by atoms with Crippen LogP contribution in [0.2, 0.25) is 0 Å². The maximum Gasteiger partial charge on any atom is 0.453 e. The highest BCUT2D eigenvalue weighted by Crippen LogP contribution is 2.61. The number of ether oxygens (including phenoxy) is 2. The van der Waals surface area contributed by atoms with Crippen molar-refractivity contribution in [2.24, 2.45) is 23.2 Å². The van der Waals surface area contributed by atoms with E-state index in [1.165, 1.54) is 5.56 Å². The Morgan fingerprint density at radius 3 is 2.46 bits per heavy atom. The van der Waals surface area contributed by atoms with E-state index in [9.17, 15) is 35.8 Å². The SMILES string of the molecule is Cc1cc2c(cc1OC(=O)N1C3CCC1COC3)C[C@@H](CCCS(=O)CCCC(F)(F)C(F)(F)F)[C@@H]1[C@@H]2CC[C@]2(C)C(=O)CC[C@@H]12. The van der Waals surface area contributed by atoms with Crippen molar-refractivity contribution < 1.29 is 45.2 Å². The summed E-state index contributed by atoms with van der Waals surface area (Å²) >= 11 is 0. The highest BCUT2D eigenvalue weighted by Gasteiger charge is 2.57. The van der Waals surface area contributed by atoms with E-state index in [4.69, 9.17) is 9.47 Å². The number of nitrogens with zero attached hydrogens (tertiary/aromatic N) is 1. The van der Waals surface area contributed by atoms with Crippen molar-refractivity contribution >= 4 is 22.7 Å². The van der Waals surface area contributed by atoms with E-state index < -0.39 is 35.7 Å². The van der Waals surface area contributed by atoms with Crippen LogP contribution in [-0.4, -0.2) is 69.9 Å². The van der Waals surface area contributed by atoms with Gasteiger partial charge in [0.15, 0.2) is 0 Å². The predicted molar refractivity (Wildman–Crippen MR) is 163 cm³/mol. The molecule has 256 valence electrons. The largest absolute Gasteiger partial charge is 0.453 e. The molecular weight excluding hydrogens is 629 g/mol. The van der Waals surface area contributed by atoms with Gasteiger partial charge in [-0.3, -0.25) is 13.9 Å². The van der Waals surface area contributed by atoms with Gasteiger partial charge in [0.05, 0.1) is 25.3 Å². The number of benzene rings is 1. The molecule has 2 heterocycles. The van der Waals surface area contributed by atoms with E-state index in [0.717, 1.165) is 49.7 Å². The molecule has 0 aromatic heterocycles. The van der Waals surface area contributed by atoms with Gasteiger partial charge in [0.25, 0.3) is 0 Å². The number of amides is 1. The summed E-state index contributed by atoms with van der Waals surface area (Å²) in [6, 6.07) is 4.23. The van der Waals surface area contributed by atoms with E-state index in [1.807, 2.05) is 17.9 Å². The van der Waals surface area contributed by atoms with Gasteiger partial charge in [-0.1, -0.05) is 13.0 Å². The van der Waals surface area contributed by atoms with Crippen molar-refractivity contribution in [3.05, 3.63) is 28.8 Å². The quantitative estimate of drug-likeness (QED) is 0.254. The number of rotatable bonds is 9. The molecule has 2 saturated carbocycles. The smallest absolute Gasteiger partial charge is 0.410 e. The third-order valence-corrected chi connectivity index (χ3v) is 13.3. The topological polar surface area (TPSA) is 72.9 Å². The minimum atomic E-state index is -5.60. The van der Waals surface area contributed by atoms with Crippen LogP contribution in [-0.2, 0) is 26.8 Å². The van der Waals surface area contributed by atoms with Crippen LogP contribution in [0.5, 0.6) is 5.75 Å². The molecule has 12 heteroatoms. The zero-order chi connectivity index (χ0) is 33.0. The normalized spacial score (nSPS) is 32.9. The first-order chi connectivity index (χ1) is 21.7. The third kappa shape index (κ3) is 6.26. The summed E-state index contributed by atoms with van der Waals surface area (Å²) in [6.07, 6.45) is -0.857. The number of ketones is 1. The van der Waals surface area contributed by atoms with Crippen molar-refractivity contribution in [2.45, 2.75) is 115 Å². The average Bonchev–Trinajstić information content (AvgIpc) is 3.43. The summed E-state index contributed by atoms with van der Waals surface area (Å²) in [7, 11) is -1.50. The fourth-order valence-electron chi connectivity index (χ4n) is 9.36. The van der Waals surface area contributed by atoms with Crippen LogP contribution >= 0.6 is 0 Å². The zero-order valence-electron chi connectivity index (χ0n) is 26.5. The summed E-state index contributed by atoms with van der Waals surface area (Å²) < 4.78 is 88.4. The lowest BCUT2D eigenvalue weighted by molar-refractivity contribution is -0.284. The van der Waals surface area contributed by atoms with Gasteiger partial charge in [0.1, 0.15) is 11.5 Å². The number of hydrogen-bond donors (Lipinski definition) is 0. The molecule has 3 unspecified atom stereocenters. The van der Waals surface area contributed by atoms with Crippen LogP contribution in [0, 0.1) is 30.1 Å². The van der Waals surface area contributed by atoms with E-state index in [1.54, 1.807) is 0 Å². The Hall–Kier alpha value is -2.08. The summed E-state index contributed by atoms with van der Waals surface area (Å²) in [5.41, 5.74) is 2.91. The maximum atomic E-state index is 13.3. The molecule has 2 saturated heterocycles. The lowest BCUT2D eigenvalue weighted by Gasteiger charge is -2.52. The predicted octanol–water partition coefficient (Wildman–Crippen LogP) is 7.52. The fourth-order valence-corrected chi connectivity index (χ4v) is 10.5. The number of halogens is 5. The highest BCUT2D eigenvalue weighted by atomic mass is 32.2. The van der Waals surface area contributed by atoms with E-state index in [0.29, 0.717) is 44.0 Å². The van der Waals surface area contributed by atoms with Gasteiger partial charge in [0, 0.05) is 40.6 Å². The van der Waals surface area contributed by atoms with Crippen molar-refractivity contribution in [1.29, 1.82) is 0 Å². The first kappa shape index (κ1) is 33.8. The molecule has 1 amide bonds. The molecule has 46 heavy (non-hydrogen) atoms. The zero-order valence-corrected chi connectivity index (χ0v) is 27.3. The Bertz CT molecular complexity index is 1350. The number of hydrogen-bond acceptors (Lipinski definition) is 5. The summed E-state index contributed by atoms with van der Waals surface area (Å²) in [6.45, 7) is 5.11. The summed E-state index contributed by atoms with van der Waals surface area (Å²) in [5, 5.41) is 0. The Kier molecular flexibility index (Phi) is 9.37.